The van der Waals surface area contributed by atoms with Gasteiger partial charge >= 0.3 is 0 Å². The predicted molar refractivity (Wildman–Crippen MR) is 106 cm³/mol. The topological polar surface area (TPSA) is 42.0 Å². The molecule has 4 rings (SSSR count). The number of benzene rings is 2. The Bertz CT molecular complexity index is 857. The Morgan fingerprint density at radius 2 is 2.00 bits per heavy atom. The van der Waals surface area contributed by atoms with Crippen LogP contribution < -0.4 is 14.4 Å². The quantitative estimate of drug-likeness (QED) is 0.770. The number of ether oxygens (including phenoxy) is 2. The number of para-hydroxylation sites is 1. The maximum atomic E-state index is 13.4. The van der Waals surface area contributed by atoms with Crippen molar-refractivity contribution in [2.24, 2.45) is 0 Å². The highest BCUT2D eigenvalue weighted by molar-refractivity contribution is 6.31. The van der Waals surface area contributed by atoms with Crippen LogP contribution >= 0.6 is 11.6 Å². The second-order valence-corrected chi connectivity index (χ2v) is 7.20. The fraction of sp³-hybridized carbons (Fsp3) is 0.381. The standard InChI is InChI=1S/C21H23ClN2O3/c1-3-27-18-9-5-4-7-15(18)20-23-12-6-8-16(23)21(25)24(20)17-13-14(22)10-11-19(17)26-2/h4-5,7,9-11,13,16,20H,3,6,8,12H2,1-2H3. The lowest BCUT2D eigenvalue weighted by atomic mass is 10.1. The molecule has 0 spiro atoms. The van der Waals surface area contributed by atoms with Crippen LogP contribution in [0.2, 0.25) is 5.02 Å². The summed E-state index contributed by atoms with van der Waals surface area (Å²) in [4.78, 5) is 17.5. The molecule has 2 fully saturated rings. The Morgan fingerprint density at radius 3 is 2.78 bits per heavy atom. The van der Waals surface area contributed by atoms with Crippen molar-refractivity contribution in [3.8, 4) is 11.5 Å². The zero-order chi connectivity index (χ0) is 19.0. The van der Waals surface area contributed by atoms with Gasteiger partial charge in [0, 0.05) is 17.1 Å². The zero-order valence-corrected chi connectivity index (χ0v) is 16.3. The van der Waals surface area contributed by atoms with Gasteiger partial charge in [0.2, 0.25) is 5.91 Å². The highest BCUT2D eigenvalue weighted by Gasteiger charge is 2.50. The summed E-state index contributed by atoms with van der Waals surface area (Å²) < 4.78 is 11.4. The van der Waals surface area contributed by atoms with Crippen molar-refractivity contribution in [1.29, 1.82) is 0 Å². The molecule has 2 unspecified atom stereocenters. The number of anilines is 1. The van der Waals surface area contributed by atoms with Crippen LogP contribution in [-0.2, 0) is 4.79 Å². The molecule has 2 aliphatic rings. The van der Waals surface area contributed by atoms with E-state index in [9.17, 15) is 4.79 Å². The first kappa shape index (κ1) is 18.1. The number of fused-ring (bicyclic) bond motifs is 1. The van der Waals surface area contributed by atoms with E-state index in [1.807, 2.05) is 36.1 Å². The summed E-state index contributed by atoms with van der Waals surface area (Å²) in [5.41, 5.74) is 1.68. The third-order valence-corrected chi connectivity index (χ3v) is 5.51. The van der Waals surface area contributed by atoms with Gasteiger partial charge in [0.25, 0.3) is 0 Å². The highest BCUT2D eigenvalue weighted by Crippen LogP contribution is 2.47. The normalized spacial score (nSPS) is 22.2. The van der Waals surface area contributed by atoms with Gasteiger partial charge in [0.1, 0.15) is 17.7 Å². The number of hydrogen-bond acceptors (Lipinski definition) is 4. The van der Waals surface area contributed by atoms with Gasteiger partial charge in [0.15, 0.2) is 0 Å². The third-order valence-electron chi connectivity index (χ3n) is 5.27. The molecule has 142 valence electrons. The summed E-state index contributed by atoms with van der Waals surface area (Å²) in [6, 6.07) is 13.2. The van der Waals surface area contributed by atoms with Crippen molar-refractivity contribution >= 4 is 23.2 Å². The van der Waals surface area contributed by atoms with Gasteiger partial charge in [-0.25, -0.2) is 0 Å². The van der Waals surface area contributed by atoms with E-state index in [0.29, 0.717) is 23.1 Å². The maximum Gasteiger partial charge on any atom is 0.246 e. The summed E-state index contributed by atoms with van der Waals surface area (Å²) in [5, 5.41) is 0.572. The van der Waals surface area contributed by atoms with E-state index in [1.165, 1.54) is 0 Å². The molecule has 2 atom stereocenters. The molecule has 0 saturated carbocycles. The lowest BCUT2D eigenvalue weighted by Crippen LogP contribution is -2.33. The number of carbonyl (C=O) groups excluding carboxylic acids is 1. The van der Waals surface area contributed by atoms with Crippen molar-refractivity contribution in [2.75, 3.05) is 25.2 Å². The molecule has 2 aromatic rings. The monoisotopic (exact) mass is 386 g/mol. The molecule has 0 N–H and O–H groups in total. The summed E-state index contributed by atoms with van der Waals surface area (Å²) in [6.45, 7) is 3.41. The summed E-state index contributed by atoms with van der Waals surface area (Å²) in [7, 11) is 1.61. The van der Waals surface area contributed by atoms with Gasteiger partial charge in [-0.3, -0.25) is 14.6 Å². The number of hydrogen-bond donors (Lipinski definition) is 0. The number of carbonyl (C=O) groups is 1. The van der Waals surface area contributed by atoms with Gasteiger partial charge < -0.3 is 9.47 Å². The van der Waals surface area contributed by atoms with Crippen LogP contribution in [0.15, 0.2) is 42.5 Å². The minimum Gasteiger partial charge on any atom is -0.495 e. The molecule has 5 nitrogen and oxygen atoms in total. The molecule has 27 heavy (non-hydrogen) atoms. The lowest BCUT2D eigenvalue weighted by molar-refractivity contribution is -0.119. The van der Waals surface area contributed by atoms with Crippen LogP contribution in [0.5, 0.6) is 11.5 Å². The van der Waals surface area contributed by atoms with Crippen LogP contribution in [0.3, 0.4) is 0 Å². The lowest BCUT2D eigenvalue weighted by Gasteiger charge is -2.31. The second-order valence-electron chi connectivity index (χ2n) is 6.76. The molecule has 0 aliphatic carbocycles. The third kappa shape index (κ3) is 3.05. The largest absolute Gasteiger partial charge is 0.495 e. The molecule has 2 heterocycles. The molecule has 0 radical (unpaired) electrons. The first-order chi connectivity index (χ1) is 13.2. The van der Waals surface area contributed by atoms with E-state index in [4.69, 9.17) is 21.1 Å². The molecular formula is C21H23ClN2O3. The minimum absolute atomic E-state index is 0.0874. The molecule has 6 heteroatoms. The smallest absolute Gasteiger partial charge is 0.246 e. The Kier molecular flexibility index (Phi) is 4.98. The van der Waals surface area contributed by atoms with Crippen LogP contribution in [0.4, 0.5) is 5.69 Å². The van der Waals surface area contributed by atoms with Crippen LogP contribution in [0.25, 0.3) is 0 Å². The van der Waals surface area contributed by atoms with Crippen LogP contribution in [-0.4, -0.2) is 37.1 Å². The number of halogens is 1. The average Bonchev–Trinajstić information content (AvgIpc) is 3.25. The Balaban J connectivity index is 1.87. The molecule has 0 aromatic heterocycles. The second kappa shape index (κ2) is 7.41. The summed E-state index contributed by atoms with van der Waals surface area (Å²) in [5.74, 6) is 1.52. The van der Waals surface area contributed by atoms with E-state index in [1.54, 1.807) is 25.3 Å². The number of methoxy groups -OCH3 is 1. The van der Waals surface area contributed by atoms with E-state index in [2.05, 4.69) is 4.90 Å². The van der Waals surface area contributed by atoms with Gasteiger partial charge in [-0.15, -0.1) is 0 Å². The molecule has 2 aliphatic heterocycles. The number of nitrogens with zero attached hydrogens (tertiary/aromatic N) is 2. The van der Waals surface area contributed by atoms with E-state index in [0.717, 1.165) is 30.7 Å². The first-order valence-electron chi connectivity index (χ1n) is 9.29. The van der Waals surface area contributed by atoms with Crippen molar-refractivity contribution in [2.45, 2.75) is 32.0 Å². The van der Waals surface area contributed by atoms with Crippen molar-refractivity contribution < 1.29 is 14.3 Å². The number of amides is 1. The van der Waals surface area contributed by atoms with Crippen molar-refractivity contribution in [3.63, 3.8) is 0 Å². The zero-order valence-electron chi connectivity index (χ0n) is 15.5. The SMILES string of the molecule is CCOc1ccccc1C1N(c2cc(Cl)ccc2OC)C(=O)C2CCCN21. The Morgan fingerprint density at radius 1 is 1.19 bits per heavy atom. The summed E-state index contributed by atoms with van der Waals surface area (Å²) in [6.07, 6.45) is 1.65. The van der Waals surface area contributed by atoms with Crippen molar-refractivity contribution in [3.05, 3.63) is 53.1 Å². The Labute approximate surface area is 164 Å². The molecule has 1 amide bonds. The van der Waals surface area contributed by atoms with Gasteiger partial charge in [-0.05, 0) is 44.0 Å². The molecule has 2 aromatic carbocycles. The molecule has 2 saturated heterocycles. The first-order valence-corrected chi connectivity index (χ1v) is 9.67. The van der Waals surface area contributed by atoms with Crippen LogP contribution in [0.1, 0.15) is 31.5 Å². The Hall–Kier alpha value is -2.24. The highest BCUT2D eigenvalue weighted by atomic mass is 35.5. The predicted octanol–water partition coefficient (Wildman–Crippen LogP) is 4.26. The fourth-order valence-electron chi connectivity index (χ4n) is 4.18. The fourth-order valence-corrected chi connectivity index (χ4v) is 4.34. The van der Waals surface area contributed by atoms with Gasteiger partial charge in [0.05, 0.1) is 25.4 Å². The maximum absolute atomic E-state index is 13.4. The van der Waals surface area contributed by atoms with E-state index in [-0.39, 0.29) is 18.1 Å². The van der Waals surface area contributed by atoms with Gasteiger partial charge in [-0.2, -0.15) is 0 Å². The molecular weight excluding hydrogens is 364 g/mol. The van der Waals surface area contributed by atoms with E-state index < -0.39 is 0 Å². The average molecular weight is 387 g/mol. The van der Waals surface area contributed by atoms with E-state index >= 15 is 0 Å². The molecule has 0 bridgehead atoms. The minimum atomic E-state index is -0.236. The number of rotatable bonds is 5. The van der Waals surface area contributed by atoms with Crippen LogP contribution in [0, 0.1) is 0 Å². The summed E-state index contributed by atoms with van der Waals surface area (Å²) >= 11 is 6.26. The van der Waals surface area contributed by atoms with Crippen molar-refractivity contribution in [1.82, 2.24) is 4.90 Å². The van der Waals surface area contributed by atoms with Gasteiger partial charge in [-0.1, -0.05) is 29.8 Å².